The molecule has 1 aliphatic rings. The lowest BCUT2D eigenvalue weighted by Gasteiger charge is -2.36. The Bertz CT molecular complexity index is 264. The maximum absolute atomic E-state index is 11.5. The van der Waals surface area contributed by atoms with Crippen LogP contribution in [0.25, 0.3) is 0 Å². The summed E-state index contributed by atoms with van der Waals surface area (Å²) in [6, 6.07) is 0. The van der Waals surface area contributed by atoms with Crippen molar-refractivity contribution in [1.82, 2.24) is 15.1 Å². The van der Waals surface area contributed by atoms with Crippen LogP contribution in [-0.2, 0) is 4.79 Å². The summed E-state index contributed by atoms with van der Waals surface area (Å²) in [7, 11) is 0. The highest BCUT2D eigenvalue weighted by Gasteiger charge is 2.30. The van der Waals surface area contributed by atoms with Crippen LogP contribution in [-0.4, -0.2) is 67.1 Å². The number of carbonyl (C=O) groups excluding carboxylic acids is 1. The topological polar surface area (TPSA) is 61.6 Å². The van der Waals surface area contributed by atoms with E-state index >= 15 is 0 Å². The molecule has 0 saturated carbocycles. The second-order valence-corrected chi connectivity index (χ2v) is 5.25. The fraction of sp³-hybridized carbons (Fsp3) is 0.923. The monoisotopic (exact) mass is 256 g/mol. The number of nitrogens with zero attached hydrogens (tertiary/aromatic N) is 2. The van der Waals surface area contributed by atoms with Crippen molar-refractivity contribution < 1.29 is 4.79 Å². The Morgan fingerprint density at radius 2 is 1.78 bits per heavy atom. The van der Waals surface area contributed by atoms with Crippen molar-refractivity contribution in [3.05, 3.63) is 0 Å². The molecule has 0 bridgehead atoms. The van der Waals surface area contributed by atoms with Crippen LogP contribution in [0.1, 0.15) is 27.2 Å². The molecule has 0 aromatic heterocycles. The SMILES string of the molecule is CCNC(C)(CCN1CCN(CC)CC1)C(N)=O. The van der Waals surface area contributed by atoms with Crippen LogP contribution in [0.4, 0.5) is 0 Å². The van der Waals surface area contributed by atoms with Gasteiger partial charge in [0.25, 0.3) is 0 Å². The highest BCUT2D eigenvalue weighted by molar-refractivity contribution is 5.84. The van der Waals surface area contributed by atoms with Crippen molar-refractivity contribution in [2.45, 2.75) is 32.7 Å². The maximum Gasteiger partial charge on any atom is 0.237 e. The zero-order chi connectivity index (χ0) is 13.6. The first-order valence-corrected chi connectivity index (χ1v) is 7.01. The lowest BCUT2D eigenvalue weighted by Crippen LogP contribution is -2.55. The average molecular weight is 256 g/mol. The molecule has 18 heavy (non-hydrogen) atoms. The molecule has 1 saturated heterocycles. The molecule has 1 rings (SSSR count). The van der Waals surface area contributed by atoms with Crippen molar-refractivity contribution >= 4 is 5.91 Å². The number of rotatable bonds is 7. The number of amides is 1. The second kappa shape index (κ2) is 7.07. The molecule has 1 fully saturated rings. The van der Waals surface area contributed by atoms with E-state index in [1.807, 2.05) is 13.8 Å². The van der Waals surface area contributed by atoms with Gasteiger partial charge in [0.15, 0.2) is 0 Å². The molecule has 0 aliphatic carbocycles. The van der Waals surface area contributed by atoms with E-state index in [0.29, 0.717) is 0 Å². The van der Waals surface area contributed by atoms with Gasteiger partial charge in [0, 0.05) is 32.7 Å². The fourth-order valence-corrected chi connectivity index (χ4v) is 2.40. The van der Waals surface area contributed by atoms with Crippen molar-refractivity contribution in [2.24, 2.45) is 5.73 Å². The van der Waals surface area contributed by atoms with Crippen LogP contribution in [0.2, 0.25) is 0 Å². The van der Waals surface area contributed by atoms with Crippen LogP contribution in [0.3, 0.4) is 0 Å². The molecule has 106 valence electrons. The molecule has 1 atom stereocenters. The van der Waals surface area contributed by atoms with E-state index in [4.69, 9.17) is 5.73 Å². The normalized spacial score (nSPS) is 21.7. The van der Waals surface area contributed by atoms with Crippen LogP contribution in [0, 0.1) is 0 Å². The van der Waals surface area contributed by atoms with E-state index in [1.54, 1.807) is 0 Å². The summed E-state index contributed by atoms with van der Waals surface area (Å²) in [6.45, 7) is 13.4. The van der Waals surface area contributed by atoms with Crippen LogP contribution in [0.5, 0.6) is 0 Å². The van der Waals surface area contributed by atoms with Gasteiger partial charge in [-0.05, 0) is 26.4 Å². The first-order valence-electron chi connectivity index (χ1n) is 7.01. The zero-order valence-corrected chi connectivity index (χ0v) is 12.0. The van der Waals surface area contributed by atoms with Crippen molar-refractivity contribution in [3.63, 3.8) is 0 Å². The molecular formula is C13H28N4O. The summed E-state index contributed by atoms with van der Waals surface area (Å²) in [5.74, 6) is -0.253. The Kier molecular flexibility index (Phi) is 6.05. The summed E-state index contributed by atoms with van der Waals surface area (Å²) in [5.41, 5.74) is 4.92. The molecule has 1 amide bonds. The number of primary amides is 1. The molecule has 1 heterocycles. The summed E-state index contributed by atoms with van der Waals surface area (Å²) < 4.78 is 0. The predicted molar refractivity (Wildman–Crippen MR) is 74.4 cm³/mol. The molecule has 1 aliphatic heterocycles. The Morgan fingerprint density at radius 3 is 2.22 bits per heavy atom. The molecule has 5 heteroatoms. The molecule has 0 spiro atoms. The van der Waals surface area contributed by atoms with Crippen molar-refractivity contribution in [1.29, 1.82) is 0 Å². The Labute approximate surface area is 111 Å². The molecule has 0 aromatic rings. The summed E-state index contributed by atoms with van der Waals surface area (Å²) >= 11 is 0. The minimum absolute atomic E-state index is 0.253. The quantitative estimate of drug-likeness (QED) is 0.666. The molecule has 0 radical (unpaired) electrons. The van der Waals surface area contributed by atoms with E-state index in [-0.39, 0.29) is 5.91 Å². The number of likely N-dealkylation sites (N-methyl/N-ethyl adjacent to an activating group) is 2. The van der Waals surface area contributed by atoms with Crippen molar-refractivity contribution in [2.75, 3.05) is 45.8 Å². The summed E-state index contributed by atoms with van der Waals surface area (Å²) in [6.07, 6.45) is 0.780. The molecule has 1 unspecified atom stereocenters. The number of nitrogens with one attached hydrogen (secondary N) is 1. The first-order chi connectivity index (χ1) is 8.51. The van der Waals surface area contributed by atoms with Gasteiger partial charge in [-0.25, -0.2) is 0 Å². The van der Waals surface area contributed by atoms with Gasteiger partial charge in [0.05, 0.1) is 5.54 Å². The number of piperazine rings is 1. The Morgan fingerprint density at radius 1 is 1.22 bits per heavy atom. The van der Waals surface area contributed by atoms with Gasteiger partial charge in [-0.2, -0.15) is 0 Å². The number of hydrogen-bond acceptors (Lipinski definition) is 4. The van der Waals surface area contributed by atoms with Gasteiger partial charge < -0.3 is 20.9 Å². The second-order valence-electron chi connectivity index (χ2n) is 5.25. The van der Waals surface area contributed by atoms with E-state index in [2.05, 4.69) is 22.0 Å². The van der Waals surface area contributed by atoms with Gasteiger partial charge >= 0.3 is 0 Å². The van der Waals surface area contributed by atoms with Crippen LogP contribution in [0.15, 0.2) is 0 Å². The third kappa shape index (κ3) is 4.23. The molecule has 0 aromatic carbocycles. The number of hydrogen-bond donors (Lipinski definition) is 2. The zero-order valence-electron chi connectivity index (χ0n) is 12.0. The molecule has 3 N–H and O–H groups in total. The summed E-state index contributed by atoms with van der Waals surface area (Å²) in [5, 5.41) is 3.21. The molecular weight excluding hydrogens is 228 g/mol. The molecule has 5 nitrogen and oxygen atoms in total. The van der Waals surface area contributed by atoms with Gasteiger partial charge in [-0.1, -0.05) is 13.8 Å². The van der Waals surface area contributed by atoms with Crippen LogP contribution < -0.4 is 11.1 Å². The van der Waals surface area contributed by atoms with E-state index in [1.165, 1.54) is 0 Å². The third-order valence-corrected chi connectivity index (χ3v) is 3.95. The van der Waals surface area contributed by atoms with Gasteiger partial charge in [0.1, 0.15) is 0 Å². The third-order valence-electron chi connectivity index (χ3n) is 3.95. The largest absolute Gasteiger partial charge is 0.368 e. The van der Waals surface area contributed by atoms with E-state index in [9.17, 15) is 4.79 Å². The minimum Gasteiger partial charge on any atom is -0.368 e. The first kappa shape index (κ1) is 15.4. The van der Waals surface area contributed by atoms with Gasteiger partial charge in [-0.15, -0.1) is 0 Å². The van der Waals surface area contributed by atoms with E-state index in [0.717, 1.165) is 52.2 Å². The lowest BCUT2D eigenvalue weighted by molar-refractivity contribution is -0.124. The Balaban J connectivity index is 2.37. The van der Waals surface area contributed by atoms with Crippen LogP contribution >= 0.6 is 0 Å². The standard InChI is InChI=1S/C13H28N4O/c1-4-15-13(3,12(14)18)6-7-17-10-8-16(5-2)9-11-17/h15H,4-11H2,1-3H3,(H2,14,18). The smallest absolute Gasteiger partial charge is 0.237 e. The van der Waals surface area contributed by atoms with Gasteiger partial charge in [0.2, 0.25) is 5.91 Å². The van der Waals surface area contributed by atoms with E-state index < -0.39 is 5.54 Å². The van der Waals surface area contributed by atoms with Crippen molar-refractivity contribution in [3.8, 4) is 0 Å². The fourth-order valence-electron chi connectivity index (χ4n) is 2.40. The predicted octanol–water partition coefficient (Wildman–Crippen LogP) is -0.132. The average Bonchev–Trinajstić information content (AvgIpc) is 2.37. The highest BCUT2D eigenvalue weighted by Crippen LogP contribution is 2.11. The minimum atomic E-state index is -0.573. The summed E-state index contributed by atoms with van der Waals surface area (Å²) in [4.78, 5) is 16.4. The highest BCUT2D eigenvalue weighted by atomic mass is 16.1. The Hall–Kier alpha value is -0.650. The maximum atomic E-state index is 11.5. The lowest BCUT2D eigenvalue weighted by atomic mass is 9.96. The number of carbonyl (C=O) groups is 1. The number of nitrogens with two attached hydrogens (primary N) is 1. The van der Waals surface area contributed by atoms with Gasteiger partial charge in [-0.3, -0.25) is 4.79 Å².